The highest BCUT2D eigenvalue weighted by Crippen LogP contribution is 2.21. The van der Waals surface area contributed by atoms with Gasteiger partial charge in [0.25, 0.3) is 0 Å². The Bertz CT molecular complexity index is 1020. The topological polar surface area (TPSA) is 78.3 Å². The Labute approximate surface area is 192 Å². The fraction of sp³-hybridized carbons (Fsp3) is 0.292. The number of amides is 1. The molecule has 3 rings (SSSR count). The number of thioether (sulfide) groups is 1. The summed E-state index contributed by atoms with van der Waals surface area (Å²) in [6, 6.07) is 15.3. The third-order valence-corrected chi connectivity index (χ3v) is 5.55. The Hall–Kier alpha value is -3.26. The van der Waals surface area contributed by atoms with Crippen LogP contribution >= 0.6 is 11.8 Å². The maximum Gasteiger partial charge on any atom is 0.234 e. The summed E-state index contributed by atoms with van der Waals surface area (Å²) in [5, 5.41) is 12.0. The number of allylic oxidation sites excluding steroid dienone is 1. The minimum atomic E-state index is -0.124. The summed E-state index contributed by atoms with van der Waals surface area (Å²) in [4.78, 5) is 12.4. The van der Waals surface area contributed by atoms with Crippen LogP contribution in [0.5, 0.6) is 11.5 Å². The largest absolute Gasteiger partial charge is 0.494 e. The molecule has 1 amide bonds. The molecule has 0 fully saturated rings. The second-order valence-electron chi connectivity index (χ2n) is 6.88. The van der Waals surface area contributed by atoms with Gasteiger partial charge in [0.05, 0.1) is 12.4 Å². The number of hydrogen-bond donors (Lipinski definition) is 1. The van der Waals surface area contributed by atoms with Crippen molar-refractivity contribution in [3.63, 3.8) is 0 Å². The molecule has 8 heteroatoms. The van der Waals surface area contributed by atoms with E-state index in [1.54, 1.807) is 6.08 Å². The number of carbonyl (C=O) groups excluding carboxylic acids is 1. The summed E-state index contributed by atoms with van der Waals surface area (Å²) < 4.78 is 13.2. The number of anilines is 1. The van der Waals surface area contributed by atoms with Gasteiger partial charge in [-0.2, -0.15) is 0 Å². The molecule has 0 unspecified atom stereocenters. The first kappa shape index (κ1) is 23.4. The molecule has 0 spiro atoms. The molecule has 0 aliphatic carbocycles. The number of nitrogens with zero attached hydrogens (tertiary/aromatic N) is 3. The van der Waals surface area contributed by atoms with Crippen molar-refractivity contribution >= 4 is 23.4 Å². The van der Waals surface area contributed by atoms with E-state index in [1.807, 2.05) is 60.0 Å². The van der Waals surface area contributed by atoms with E-state index >= 15 is 0 Å². The summed E-state index contributed by atoms with van der Waals surface area (Å²) in [5.41, 5.74) is 1.98. The molecule has 0 saturated heterocycles. The van der Waals surface area contributed by atoms with Crippen molar-refractivity contribution in [2.75, 3.05) is 17.7 Å². The van der Waals surface area contributed by atoms with Gasteiger partial charge >= 0.3 is 0 Å². The van der Waals surface area contributed by atoms with Crippen molar-refractivity contribution in [2.45, 2.75) is 38.6 Å². The van der Waals surface area contributed by atoms with Gasteiger partial charge in [-0.05, 0) is 55.3 Å². The van der Waals surface area contributed by atoms with Crippen molar-refractivity contribution in [3.05, 3.63) is 72.6 Å². The van der Waals surface area contributed by atoms with Crippen LogP contribution in [0.4, 0.5) is 5.69 Å². The molecule has 0 aliphatic rings. The lowest BCUT2D eigenvalue weighted by Gasteiger charge is -2.10. The summed E-state index contributed by atoms with van der Waals surface area (Å²) in [5.74, 6) is 2.31. The summed E-state index contributed by atoms with van der Waals surface area (Å²) in [6.07, 6.45) is 2.76. The SMILES string of the molecule is C=CCn1c(COc2ccc(CC)cc2)nnc1SCC(=O)Nc1ccc(OCC)cc1. The highest BCUT2D eigenvalue weighted by Gasteiger charge is 2.14. The van der Waals surface area contributed by atoms with Crippen LogP contribution in [0.1, 0.15) is 25.2 Å². The van der Waals surface area contributed by atoms with Gasteiger partial charge in [-0.3, -0.25) is 9.36 Å². The van der Waals surface area contributed by atoms with E-state index in [4.69, 9.17) is 9.47 Å². The van der Waals surface area contributed by atoms with Gasteiger partial charge in [0.15, 0.2) is 11.0 Å². The first-order chi connectivity index (χ1) is 15.6. The smallest absolute Gasteiger partial charge is 0.234 e. The first-order valence-corrected chi connectivity index (χ1v) is 11.5. The minimum Gasteiger partial charge on any atom is -0.494 e. The molecule has 168 valence electrons. The molecule has 1 aromatic heterocycles. The van der Waals surface area contributed by atoms with E-state index in [-0.39, 0.29) is 18.3 Å². The maximum absolute atomic E-state index is 12.4. The van der Waals surface area contributed by atoms with Gasteiger partial charge in [-0.1, -0.05) is 36.9 Å². The average molecular weight is 453 g/mol. The van der Waals surface area contributed by atoms with Crippen LogP contribution in [0.3, 0.4) is 0 Å². The van der Waals surface area contributed by atoms with Crippen LogP contribution in [0.25, 0.3) is 0 Å². The zero-order valence-electron chi connectivity index (χ0n) is 18.4. The Morgan fingerprint density at radius 1 is 1.06 bits per heavy atom. The first-order valence-electron chi connectivity index (χ1n) is 10.5. The number of carbonyl (C=O) groups is 1. The van der Waals surface area contributed by atoms with Crippen molar-refractivity contribution in [1.29, 1.82) is 0 Å². The number of nitrogens with one attached hydrogen (secondary N) is 1. The normalized spacial score (nSPS) is 10.6. The highest BCUT2D eigenvalue weighted by molar-refractivity contribution is 7.99. The lowest BCUT2D eigenvalue weighted by Crippen LogP contribution is -2.15. The van der Waals surface area contributed by atoms with Gasteiger partial charge < -0.3 is 14.8 Å². The second kappa shape index (κ2) is 12.0. The second-order valence-corrected chi connectivity index (χ2v) is 7.82. The van der Waals surface area contributed by atoms with Crippen LogP contribution in [-0.4, -0.2) is 33.0 Å². The molecule has 1 heterocycles. The van der Waals surface area contributed by atoms with E-state index in [0.717, 1.165) is 23.6 Å². The molecule has 7 nitrogen and oxygen atoms in total. The Morgan fingerprint density at radius 2 is 1.75 bits per heavy atom. The zero-order chi connectivity index (χ0) is 22.8. The number of aryl methyl sites for hydroxylation is 1. The number of rotatable bonds is 12. The van der Waals surface area contributed by atoms with E-state index in [2.05, 4.69) is 29.0 Å². The molecular weight excluding hydrogens is 424 g/mol. The molecule has 2 aromatic carbocycles. The molecular formula is C24H28N4O3S. The van der Waals surface area contributed by atoms with Crippen molar-refractivity contribution in [3.8, 4) is 11.5 Å². The molecule has 3 aromatic rings. The van der Waals surface area contributed by atoms with Crippen molar-refractivity contribution in [1.82, 2.24) is 14.8 Å². The highest BCUT2D eigenvalue weighted by atomic mass is 32.2. The predicted octanol–water partition coefficient (Wildman–Crippen LogP) is 4.74. The monoisotopic (exact) mass is 452 g/mol. The molecule has 0 aliphatic heterocycles. The van der Waals surface area contributed by atoms with E-state index in [1.165, 1.54) is 17.3 Å². The number of aromatic nitrogens is 3. The third kappa shape index (κ3) is 6.62. The standard InChI is InChI=1S/C24H28N4O3S/c1-4-15-28-22(16-31-21-11-7-18(5-2)8-12-21)26-27-24(28)32-17-23(29)25-19-9-13-20(14-10-19)30-6-3/h4,7-14H,1,5-6,15-17H2,2-3H3,(H,25,29). The minimum absolute atomic E-state index is 0.124. The average Bonchev–Trinajstić information content (AvgIpc) is 3.20. The van der Waals surface area contributed by atoms with Crippen LogP contribution < -0.4 is 14.8 Å². The summed E-state index contributed by atoms with van der Waals surface area (Å²) >= 11 is 1.32. The van der Waals surface area contributed by atoms with Crippen molar-refractivity contribution in [2.24, 2.45) is 0 Å². The molecule has 1 N–H and O–H groups in total. The Balaban J connectivity index is 1.56. The molecule has 0 saturated carbocycles. The lowest BCUT2D eigenvalue weighted by molar-refractivity contribution is -0.113. The molecule has 0 atom stereocenters. The number of hydrogen-bond acceptors (Lipinski definition) is 6. The van der Waals surface area contributed by atoms with Gasteiger partial charge in [-0.25, -0.2) is 0 Å². The molecule has 0 bridgehead atoms. The van der Waals surface area contributed by atoms with Crippen LogP contribution in [0, 0.1) is 0 Å². The number of ether oxygens (including phenoxy) is 2. The van der Waals surface area contributed by atoms with Crippen LogP contribution in [-0.2, 0) is 24.4 Å². The molecule has 0 radical (unpaired) electrons. The van der Waals surface area contributed by atoms with E-state index in [9.17, 15) is 4.79 Å². The molecule has 32 heavy (non-hydrogen) atoms. The lowest BCUT2D eigenvalue weighted by atomic mass is 10.2. The number of benzene rings is 2. The van der Waals surface area contributed by atoms with Gasteiger partial charge in [-0.15, -0.1) is 16.8 Å². The van der Waals surface area contributed by atoms with Gasteiger partial charge in [0, 0.05) is 12.2 Å². The fourth-order valence-electron chi connectivity index (χ4n) is 2.94. The van der Waals surface area contributed by atoms with Gasteiger partial charge in [0.1, 0.15) is 18.1 Å². The summed E-state index contributed by atoms with van der Waals surface area (Å²) in [7, 11) is 0. The maximum atomic E-state index is 12.4. The quantitative estimate of drug-likeness (QED) is 0.316. The Kier molecular flexibility index (Phi) is 8.74. The third-order valence-electron chi connectivity index (χ3n) is 4.59. The zero-order valence-corrected chi connectivity index (χ0v) is 19.2. The Morgan fingerprint density at radius 3 is 2.41 bits per heavy atom. The summed E-state index contributed by atoms with van der Waals surface area (Å²) in [6.45, 7) is 9.27. The predicted molar refractivity (Wildman–Crippen MR) is 127 cm³/mol. The van der Waals surface area contributed by atoms with E-state index < -0.39 is 0 Å². The van der Waals surface area contributed by atoms with Crippen LogP contribution in [0.2, 0.25) is 0 Å². The van der Waals surface area contributed by atoms with Crippen LogP contribution in [0.15, 0.2) is 66.3 Å². The van der Waals surface area contributed by atoms with Crippen molar-refractivity contribution < 1.29 is 14.3 Å². The van der Waals surface area contributed by atoms with Gasteiger partial charge in [0.2, 0.25) is 5.91 Å². The fourth-order valence-corrected chi connectivity index (χ4v) is 3.71. The van der Waals surface area contributed by atoms with E-state index in [0.29, 0.717) is 24.1 Å².